The van der Waals surface area contributed by atoms with E-state index in [1.807, 2.05) is 6.92 Å². The molecule has 0 fully saturated rings. The lowest BCUT2D eigenvalue weighted by molar-refractivity contribution is 0.192. The summed E-state index contributed by atoms with van der Waals surface area (Å²) in [5.74, 6) is 0. The van der Waals surface area contributed by atoms with Crippen molar-refractivity contribution in [3.8, 4) is 0 Å². The van der Waals surface area contributed by atoms with Gasteiger partial charge in [0.05, 0.1) is 4.90 Å². The minimum Gasteiger partial charge on any atom is -0.399 e. The van der Waals surface area contributed by atoms with E-state index in [2.05, 4.69) is 4.72 Å². The van der Waals surface area contributed by atoms with E-state index in [1.54, 1.807) is 20.1 Å². The van der Waals surface area contributed by atoms with Gasteiger partial charge in [-0.25, -0.2) is 13.1 Å². The summed E-state index contributed by atoms with van der Waals surface area (Å²) in [6.07, 6.45) is 2.67. The van der Waals surface area contributed by atoms with Gasteiger partial charge in [-0.2, -0.15) is 0 Å². The molecule has 6 heteroatoms. The fourth-order valence-electron chi connectivity index (χ4n) is 1.97. The number of methoxy groups -OCH3 is 1. The number of hydrogen-bond acceptors (Lipinski definition) is 4. The van der Waals surface area contributed by atoms with Crippen molar-refractivity contribution in [2.45, 2.75) is 38.0 Å². The topological polar surface area (TPSA) is 81.4 Å². The first-order valence-corrected chi connectivity index (χ1v) is 8.22. The van der Waals surface area contributed by atoms with Crippen LogP contribution in [-0.4, -0.2) is 28.7 Å². The summed E-state index contributed by atoms with van der Waals surface area (Å²) in [6, 6.07) is 3.29. The molecule has 0 saturated carbocycles. The quantitative estimate of drug-likeness (QED) is 0.568. The van der Waals surface area contributed by atoms with Gasteiger partial charge in [0, 0.05) is 25.9 Å². The molecule has 5 nitrogen and oxygen atoms in total. The van der Waals surface area contributed by atoms with E-state index in [0.29, 0.717) is 18.8 Å². The van der Waals surface area contributed by atoms with E-state index >= 15 is 0 Å². The molecule has 114 valence electrons. The Morgan fingerprint density at radius 1 is 1.20 bits per heavy atom. The number of rotatable bonds is 8. The Morgan fingerprint density at radius 2 is 1.90 bits per heavy atom. The van der Waals surface area contributed by atoms with Crippen LogP contribution < -0.4 is 10.5 Å². The van der Waals surface area contributed by atoms with Crippen LogP contribution in [0.15, 0.2) is 17.0 Å². The summed E-state index contributed by atoms with van der Waals surface area (Å²) in [7, 11) is -1.83. The highest BCUT2D eigenvalue weighted by Crippen LogP contribution is 2.22. The smallest absolute Gasteiger partial charge is 0.240 e. The number of benzene rings is 1. The van der Waals surface area contributed by atoms with Crippen LogP contribution in [0.3, 0.4) is 0 Å². The Balaban J connectivity index is 2.65. The average Bonchev–Trinajstić information content (AvgIpc) is 2.37. The normalized spacial score (nSPS) is 11.8. The Labute approximate surface area is 121 Å². The Morgan fingerprint density at radius 3 is 2.55 bits per heavy atom. The second-order valence-electron chi connectivity index (χ2n) is 4.91. The summed E-state index contributed by atoms with van der Waals surface area (Å²) in [5.41, 5.74) is 7.82. The molecule has 0 aliphatic rings. The van der Waals surface area contributed by atoms with Crippen LogP contribution in [-0.2, 0) is 14.8 Å². The van der Waals surface area contributed by atoms with Crippen LogP contribution in [0.4, 0.5) is 5.69 Å². The van der Waals surface area contributed by atoms with Crippen molar-refractivity contribution in [2.24, 2.45) is 0 Å². The third kappa shape index (κ3) is 4.77. The van der Waals surface area contributed by atoms with Gasteiger partial charge in [-0.3, -0.25) is 0 Å². The Kier molecular flexibility index (Phi) is 6.45. The third-order valence-electron chi connectivity index (χ3n) is 3.25. The molecule has 1 aromatic carbocycles. The van der Waals surface area contributed by atoms with Crippen LogP contribution in [0.2, 0.25) is 0 Å². The lowest BCUT2D eigenvalue weighted by atomic mass is 10.1. The van der Waals surface area contributed by atoms with E-state index in [4.69, 9.17) is 10.5 Å². The molecule has 0 radical (unpaired) electrons. The number of nitrogens with two attached hydrogens (primary N) is 1. The van der Waals surface area contributed by atoms with Gasteiger partial charge in [-0.1, -0.05) is 0 Å². The molecule has 3 N–H and O–H groups in total. The van der Waals surface area contributed by atoms with E-state index in [-0.39, 0.29) is 4.90 Å². The molecule has 0 aromatic heterocycles. The molecule has 0 saturated heterocycles. The summed E-state index contributed by atoms with van der Waals surface area (Å²) in [4.78, 5) is 0.270. The number of nitrogen functional groups attached to an aromatic ring is 1. The van der Waals surface area contributed by atoms with Crippen molar-refractivity contribution in [2.75, 3.05) is 26.0 Å². The molecule has 0 amide bonds. The van der Waals surface area contributed by atoms with Crippen molar-refractivity contribution in [1.82, 2.24) is 4.72 Å². The minimum atomic E-state index is -3.49. The highest BCUT2D eigenvalue weighted by atomic mass is 32.2. The number of anilines is 1. The Hall–Kier alpha value is -1.11. The SMILES string of the molecule is COCCCCCNS(=O)(=O)c1cc(N)cc(C)c1C. The summed E-state index contributed by atoms with van der Waals surface area (Å²) in [6.45, 7) is 4.79. The second kappa shape index (κ2) is 7.61. The van der Waals surface area contributed by atoms with E-state index < -0.39 is 10.0 Å². The molecule has 0 heterocycles. The largest absolute Gasteiger partial charge is 0.399 e. The lowest BCUT2D eigenvalue weighted by Gasteiger charge is -2.12. The standard InChI is InChI=1S/C14H24N2O3S/c1-11-9-13(15)10-14(12(11)2)20(17,18)16-7-5-4-6-8-19-3/h9-10,16H,4-8,15H2,1-3H3. The predicted molar refractivity (Wildman–Crippen MR) is 81.2 cm³/mol. The van der Waals surface area contributed by atoms with Crippen molar-refractivity contribution in [3.05, 3.63) is 23.3 Å². The summed E-state index contributed by atoms with van der Waals surface area (Å²) in [5, 5.41) is 0. The summed E-state index contributed by atoms with van der Waals surface area (Å²) >= 11 is 0. The summed E-state index contributed by atoms with van der Waals surface area (Å²) < 4.78 is 32.1. The zero-order valence-corrected chi connectivity index (χ0v) is 13.2. The van der Waals surface area contributed by atoms with Gasteiger partial charge in [0.15, 0.2) is 0 Å². The maximum atomic E-state index is 12.3. The van der Waals surface area contributed by atoms with E-state index in [0.717, 1.165) is 30.4 Å². The maximum Gasteiger partial charge on any atom is 0.240 e. The molecule has 0 aliphatic carbocycles. The van der Waals surface area contributed by atoms with Crippen molar-refractivity contribution in [3.63, 3.8) is 0 Å². The average molecular weight is 300 g/mol. The first-order chi connectivity index (χ1) is 9.38. The van der Waals surface area contributed by atoms with Gasteiger partial charge in [-0.15, -0.1) is 0 Å². The Bertz CT molecular complexity index is 542. The van der Waals surface area contributed by atoms with Crippen molar-refractivity contribution >= 4 is 15.7 Å². The van der Waals surface area contributed by atoms with Crippen LogP contribution >= 0.6 is 0 Å². The monoisotopic (exact) mass is 300 g/mol. The maximum absolute atomic E-state index is 12.3. The zero-order valence-electron chi connectivity index (χ0n) is 12.4. The molecule has 0 unspecified atom stereocenters. The van der Waals surface area contributed by atoms with Crippen LogP contribution in [0.1, 0.15) is 30.4 Å². The zero-order chi connectivity index (χ0) is 15.2. The second-order valence-corrected chi connectivity index (χ2v) is 6.65. The fraction of sp³-hybridized carbons (Fsp3) is 0.571. The number of unbranched alkanes of at least 4 members (excludes halogenated alkanes) is 2. The third-order valence-corrected chi connectivity index (χ3v) is 4.84. The van der Waals surface area contributed by atoms with Crippen LogP contribution in [0, 0.1) is 13.8 Å². The molecular weight excluding hydrogens is 276 g/mol. The van der Waals surface area contributed by atoms with Gasteiger partial charge in [0.25, 0.3) is 0 Å². The fourth-order valence-corrected chi connectivity index (χ4v) is 3.39. The van der Waals surface area contributed by atoms with Gasteiger partial charge in [0.2, 0.25) is 10.0 Å². The molecule has 0 aliphatic heterocycles. The molecule has 1 rings (SSSR count). The molecule has 1 aromatic rings. The number of ether oxygens (including phenoxy) is 1. The number of aryl methyl sites for hydroxylation is 1. The molecule has 0 atom stereocenters. The molecule has 0 spiro atoms. The lowest BCUT2D eigenvalue weighted by Crippen LogP contribution is -2.26. The van der Waals surface area contributed by atoms with Crippen molar-refractivity contribution in [1.29, 1.82) is 0 Å². The minimum absolute atomic E-state index is 0.270. The van der Waals surface area contributed by atoms with Gasteiger partial charge >= 0.3 is 0 Å². The highest BCUT2D eigenvalue weighted by Gasteiger charge is 2.17. The number of hydrogen-bond donors (Lipinski definition) is 2. The van der Waals surface area contributed by atoms with E-state index in [1.165, 1.54) is 6.07 Å². The van der Waals surface area contributed by atoms with Gasteiger partial charge < -0.3 is 10.5 Å². The van der Waals surface area contributed by atoms with Crippen LogP contribution in [0.5, 0.6) is 0 Å². The molecule has 20 heavy (non-hydrogen) atoms. The molecular formula is C14H24N2O3S. The van der Waals surface area contributed by atoms with Crippen molar-refractivity contribution < 1.29 is 13.2 Å². The van der Waals surface area contributed by atoms with Gasteiger partial charge in [-0.05, 0) is 56.4 Å². The van der Waals surface area contributed by atoms with E-state index in [9.17, 15) is 8.42 Å². The first-order valence-electron chi connectivity index (χ1n) is 6.74. The molecule has 0 bridgehead atoms. The number of nitrogens with one attached hydrogen (secondary N) is 1. The highest BCUT2D eigenvalue weighted by molar-refractivity contribution is 7.89. The van der Waals surface area contributed by atoms with Gasteiger partial charge in [0.1, 0.15) is 0 Å². The number of sulfonamides is 1. The van der Waals surface area contributed by atoms with Crippen LogP contribution in [0.25, 0.3) is 0 Å². The first kappa shape index (κ1) is 16.9. The predicted octanol–water partition coefficient (Wildman–Crippen LogP) is 1.98.